The highest BCUT2D eigenvalue weighted by molar-refractivity contribution is 5.92. The predicted molar refractivity (Wildman–Crippen MR) is 79.5 cm³/mol. The molecule has 0 aliphatic heterocycles. The number of halogens is 3. The molecule has 0 saturated heterocycles. The lowest BCUT2D eigenvalue weighted by atomic mass is 10.1. The molecule has 128 valence electrons. The number of nitrogens with one attached hydrogen (secondary N) is 1. The summed E-state index contributed by atoms with van der Waals surface area (Å²) in [6.07, 6.45) is -4.39. The van der Waals surface area contributed by atoms with Crippen molar-refractivity contribution in [1.82, 2.24) is 10.3 Å². The molecule has 5 nitrogen and oxygen atoms in total. The minimum absolute atomic E-state index is 0.0590. The van der Waals surface area contributed by atoms with Crippen LogP contribution in [0, 0.1) is 0 Å². The van der Waals surface area contributed by atoms with E-state index >= 15 is 0 Å². The second-order valence-corrected chi connectivity index (χ2v) is 4.93. The third-order valence-electron chi connectivity index (χ3n) is 3.25. The summed E-state index contributed by atoms with van der Waals surface area (Å²) in [4.78, 5) is 15.8. The van der Waals surface area contributed by atoms with Gasteiger partial charge in [0.2, 0.25) is 0 Å². The van der Waals surface area contributed by atoms with Crippen molar-refractivity contribution in [3.8, 4) is 5.75 Å². The van der Waals surface area contributed by atoms with Gasteiger partial charge in [0.05, 0.1) is 18.8 Å². The molecule has 1 aromatic carbocycles. The van der Waals surface area contributed by atoms with Gasteiger partial charge in [-0.05, 0) is 23.8 Å². The highest BCUT2D eigenvalue weighted by Gasteiger charge is 2.30. The number of aliphatic hydroxyl groups is 1. The smallest absolute Gasteiger partial charge is 0.416 e. The summed E-state index contributed by atoms with van der Waals surface area (Å²) in [6, 6.07) is 7.29. The molecule has 0 fully saturated rings. The molecule has 1 heterocycles. The van der Waals surface area contributed by atoms with Gasteiger partial charge in [0, 0.05) is 18.8 Å². The van der Waals surface area contributed by atoms with Crippen LogP contribution in [0.3, 0.4) is 0 Å². The molecule has 1 atom stereocenters. The monoisotopic (exact) mass is 340 g/mol. The first-order chi connectivity index (χ1) is 11.3. The number of hydrogen-bond acceptors (Lipinski definition) is 4. The van der Waals surface area contributed by atoms with Crippen LogP contribution in [0.2, 0.25) is 0 Å². The number of aliphatic hydroxyl groups excluding tert-OH is 1. The molecule has 2 aromatic rings. The van der Waals surface area contributed by atoms with E-state index in [4.69, 9.17) is 4.74 Å². The molecule has 8 heteroatoms. The number of pyridine rings is 1. The van der Waals surface area contributed by atoms with Crippen LogP contribution < -0.4 is 10.1 Å². The summed E-state index contributed by atoms with van der Waals surface area (Å²) in [6.45, 7) is -0.251. The molecule has 0 saturated carbocycles. The molecule has 1 amide bonds. The van der Waals surface area contributed by atoms with E-state index in [-0.39, 0.29) is 17.8 Å². The quantitative estimate of drug-likeness (QED) is 0.878. The lowest BCUT2D eigenvalue weighted by Crippen LogP contribution is -2.29. The van der Waals surface area contributed by atoms with Crippen molar-refractivity contribution < 1.29 is 27.8 Å². The first-order valence-electron chi connectivity index (χ1n) is 6.94. The van der Waals surface area contributed by atoms with E-state index < -0.39 is 23.8 Å². The van der Waals surface area contributed by atoms with Crippen molar-refractivity contribution in [3.05, 3.63) is 59.4 Å². The molecular formula is C16H15F3N2O3. The fourth-order valence-electron chi connectivity index (χ4n) is 1.98. The summed E-state index contributed by atoms with van der Waals surface area (Å²) in [5.74, 6) is -0.131. The van der Waals surface area contributed by atoms with Gasteiger partial charge in [-0.1, -0.05) is 12.1 Å². The first-order valence-corrected chi connectivity index (χ1v) is 6.94. The fourth-order valence-corrected chi connectivity index (χ4v) is 1.98. The number of methoxy groups -OCH3 is 1. The van der Waals surface area contributed by atoms with Crippen LogP contribution in [0.4, 0.5) is 13.2 Å². The molecule has 1 unspecified atom stereocenters. The second kappa shape index (κ2) is 7.31. The Morgan fingerprint density at radius 1 is 1.33 bits per heavy atom. The van der Waals surface area contributed by atoms with Crippen LogP contribution in [-0.4, -0.2) is 29.7 Å². The number of aromatic nitrogens is 1. The Balaban J connectivity index is 2.02. The Bertz CT molecular complexity index is 720. The average molecular weight is 340 g/mol. The minimum atomic E-state index is -4.50. The van der Waals surface area contributed by atoms with E-state index in [1.165, 1.54) is 31.5 Å². The third kappa shape index (κ3) is 4.45. The number of rotatable bonds is 5. The van der Waals surface area contributed by atoms with Crippen LogP contribution in [0.15, 0.2) is 42.6 Å². The summed E-state index contributed by atoms with van der Waals surface area (Å²) >= 11 is 0. The SMILES string of the molecule is COc1ccnc(C(=O)NCC(O)c2cccc(C(F)(F)F)c2)c1. The van der Waals surface area contributed by atoms with Crippen LogP contribution in [0.25, 0.3) is 0 Å². The third-order valence-corrected chi connectivity index (χ3v) is 3.25. The predicted octanol–water partition coefficient (Wildman–Crippen LogP) is 2.57. The lowest BCUT2D eigenvalue weighted by molar-refractivity contribution is -0.137. The van der Waals surface area contributed by atoms with Crippen LogP contribution in [0.1, 0.15) is 27.7 Å². The molecule has 0 spiro atoms. The molecule has 2 rings (SSSR count). The van der Waals surface area contributed by atoms with E-state index in [9.17, 15) is 23.1 Å². The maximum atomic E-state index is 12.7. The summed E-state index contributed by atoms with van der Waals surface area (Å²) in [5.41, 5.74) is -0.728. The van der Waals surface area contributed by atoms with Crippen LogP contribution in [0.5, 0.6) is 5.75 Å². The van der Waals surface area contributed by atoms with Gasteiger partial charge in [-0.15, -0.1) is 0 Å². The van der Waals surface area contributed by atoms with Crippen molar-refractivity contribution in [2.75, 3.05) is 13.7 Å². The molecule has 1 aromatic heterocycles. The van der Waals surface area contributed by atoms with Gasteiger partial charge >= 0.3 is 6.18 Å². The first kappa shape index (κ1) is 17.7. The standard InChI is InChI=1S/C16H15F3N2O3/c1-24-12-5-6-20-13(8-12)15(23)21-9-14(22)10-3-2-4-11(7-10)16(17,18)19/h2-8,14,22H,9H2,1H3,(H,21,23). The van der Waals surface area contributed by atoms with Gasteiger partial charge in [-0.2, -0.15) is 13.2 Å². The van der Waals surface area contributed by atoms with Crippen LogP contribution in [-0.2, 0) is 6.18 Å². The van der Waals surface area contributed by atoms with Gasteiger partial charge in [0.25, 0.3) is 5.91 Å². The number of amides is 1. The Kier molecular flexibility index (Phi) is 5.40. The summed E-state index contributed by atoms with van der Waals surface area (Å²) < 4.78 is 43.0. The maximum absolute atomic E-state index is 12.7. The molecule has 0 bridgehead atoms. The number of carbonyl (C=O) groups is 1. The Labute approximate surface area is 136 Å². The number of ether oxygens (including phenoxy) is 1. The molecular weight excluding hydrogens is 325 g/mol. The van der Waals surface area contributed by atoms with E-state index in [0.29, 0.717) is 5.75 Å². The Hall–Kier alpha value is -2.61. The summed E-state index contributed by atoms with van der Waals surface area (Å²) in [7, 11) is 1.44. The molecule has 0 aliphatic rings. The number of nitrogens with zero attached hydrogens (tertiary/aromatic N) is 1. The molecule has 24 heavy (non-hydrogen) atoms. The van der Waals surface area contributed by atoms with Gasteiger partial charge < -0.3 is 15.2 Å². The van der Waals surface area contributed by atoms with E-state index in [0.717, 1.165) is 12.1 Å². The molecule has 2 N–H and O–H groups in total. The topological polar surface area (TPSA) is 71.5 Å². The van der Waals surface area contributed by atoms with Gasteiger partial charge in [0.1, 0.15) is 11.4 Å². The number of alkyl halides is 3. The minimum Gasteiger partial charge on any atom is -0.497 e. The zero-order valence-electron chi connectivity index (χ0n) is 12.7. The van der Waals surface area contributed by atoms with Crippen LogP contribution >= 0.6 is 0 Å². The van der Waals surface area contributed by atoms with Crippen molar-refractivity contribution in [2.24, 2.45) is 0 Å². The van der Waals surface area contributed by atoms with E-state index in [1.54, 1.807) is 6.07 Å². The largest absolute Gasteiger partial charge is 0.497 e. The molecule has 0 aliphatic carbocycles. The number of benzene rings is 1. The highest BCUT2D eigenvalue weighted by Crippen LogP contribution is 2.30. The van der Waals surface area contributed by atoms with Gasteiger partial charge in [0.15, 0.2) is 0 Å². The van der Waals surface area contributed by atoms with Crippen molar-refractivity contribution >= 4 is 5.91 Å². The van der Waals surface area contributed by atoms with Gasteiger partial charge in [-0.3, -0.25) is 9.78 Å². The fraction of sp³-hybridized carbons (Fsp3) is 0.250. The summed E-state index contributed by atoms with van der Waals surface area (Å²) in [5, 5.41) is 12.4. The average Bonchev–Trinajstić information content (AvgIpc) is 2.58. The molecule has 0 radical (unpaired) electrons. The van der Waals surface area contributed by atoms with E-state index in [1.807, 2.05) is 0 Å². The second-order valence-electron chi connectivity index (χ2n) is 4.93. The highest BCUT2D eigenvalue weighted by atomic mass is 19.4. The van der Waals surface area contributed by atoms with Crippen molar-refractivity contribution in [1.29, 1.82) is 0 Å². The van der Waals surface area contributed by atoms with Gasteiger partial charge in [-0.25, -0.2) is 0 Å². The number of hydrogen-bond donors (Lipinski definition) is 2. The van der Waals surface area contributed by atoms with E-state index in [2.05, 4.69) is 10.3 Å². The number of carbonyl (C=O) groups excluding carboxylic acids is 1. The van der Waals surface area contributed by atoms with Crippen molar-refractivity contribution in [2.45, 2.75) is 12.3 Å². The zero-order chi connectivity index (χ0) is 17.7. The Morgan fingerprint density at radius 3 is 2.75 bits per heavy atom. The zero-order valence-corrected chi connectivity index (χ0v) is 12.7. The van der Waals surface area contributed by atoms with Crippen molar-refractivity contribution in [3.63, 3.8) is 0 Å². The Morgan fingerprint density at radius 2 is 2.08 bits per heavy atom. The lowest BCUT2D eigenvalue weighted by Gasteiger charge is -2.14. The maximum Gasteiger partial charge on any atom is 0.416 e. The normalized spacial score (nSPS) is 12.5.